The molecule has 5 nitrogen and oxygen atoms in total. The van der Waals surface area contributed by atoms with Gasteiger partial charge in [-0.15, -0.1) is 0 Å². The quantitative estimate of drug-likeness (QED) is 0.207. The highest BCUT2D eigenvalue weighted by atomic mass is 16.5. The van der Waals surface area contributed by atoms with E-state index in [0.29, 0.717) is 19.8 Å². The third-order valence-electron chi connectivity index (χ3n) is 1.37. The van der Waals surface area contributed by atoms with Gasteiger partial charge in [0, 0.05) is 6.61 Å². The highest BCUT2D eigenvalue weighted by Crippen LogP contribution is 1.97. The van der Waals surface area contributed by atoms with Crippen LogP contribution in [0.5, 0.6) is 0 Å². The lowest BCUT2D eigenvalue weighted by Crippen LogP contribution is -2.08. The first-order valence-electron chi connectivity index (χ1n) is 4.73. The van der Waals surface area contributed by atoms with Crippen LogP contribution in [0.15, 0.2) is 11.8 Å². The Labute approximate surface area is 89.2 Å². The molecule has 0 unspecified atom stereocenters. The third-order valence-corrected chi connectivity index (χ3v) is 1.37. The minimum absolute atomic E-state index is 0.145. The number of esters is 1. The van der Waals surface area contributed by atoms with Gasteiger partial charge in [-0.05, 0) is 13.8 Å². The van der Waals surface area contributed by atoms with Crippen LogP contribution in [0.3, 0.4) is 0 Å². The molecule has 0 aliphatic carbocycles. The number of hydrogen-bond donors (Lipinski definition) is 0. The first-order chi connectivity index (χ1) is 7.26. The minimum atomic E-state index is -0.670. The first kappa shape index (κ1) is 13.5. The zero-order valence-corrected chi connectivity index (χ0v) is 8.99. The molecule has 0 aliphatic rings. The number of hydrogen-bond acceptors (Lipinski definition) is 5. The Kier molecular flexibility index (Phi) is 8.10. The first-order valence-corrected chi connectivity index (χ1v) is 4.73. The average molecular weight is 213 g/mol. The lowest BCUT2D eigenvalue weighted by atomic mass is 10.3. The molecule has 0 atom stereocenters. The zero-order valence-electron chi connectivity index (χ0n) is 8.99. The van der Waals surface area contributed by atoms with Gasteiger partial charge in [0.15, 0.2) is 5.57 Å². The molecule has 0 aromatic rings. The van der Waals surface area contributed by atoms with Crippen molar-refractivity contribution < 1.29 is 19.0 Å². The van der Waals surface area contributed by atoms with Crippen LogP contribution < -0.4 is 0 Å². The van der Waals surface area contributed by atoms with Crippen LogP contribution in [0.25, 0.3) is 0 Å². The molecule has 0 saturated carbocycles. The van der Waals surface area contributed by atoms with E-state index in [1.165, 1.54) is 0 Å². The van der Waals surface area contributed by atoms with E-state index in [1.54, 1.807) is 13.0 Å². The van der Waals surface area contributed by atoms with Gasteiger partial charge in [0.25, 0.3) is 0 Å². The fourth-order valence-electron chi connectivity index (χ4n) is 0.723. The monoisotopic (exact) mass is 213 g/mol. The van der Waals surface area contributed by atoms with E-state index in [4.69, 9.17) is 14.7 Å². The Balaban J connectivity index is 3.90. The summed E-state index contributed by atoms with van der Waals surface area (Å²) >= 11 is 0. The van der Waals surface area contributed by atoms with Crippen LogP contribution in [0.4, 0.5) is 0 Å². The lowest BCUT2D eigenvalue weighted by molar-refractivity contribution is -0.138. The average Bonchev–Trinajstić information content (AvgIpc) is 2.23. The number of nitrogens with zero attached hydrogens (tertiary/aromatic N) is 1. The number of carbonyl (C=O) groups excluding carboxylic acids is 1. The Bertz CT molecular complexity index is 255. The highest BCUT2D eigenvalue weighted by molar-refractivity contribution is 5.92. The summed E-state index contributed by atoms with van der Waals surface area (Å²) in [5.41, 5.74) is -0.145. The van der Waals surface area contributed by atoms with Crippen molar-refractivity contribution in [2.75, 3.05) is 26.4 Å². The molecule has 0 aromatic heterocycles. The van der Waals surface area contributed by atoms with E-state index in [1.807, 2.05) is 6.92 Å². The fraction of sp³-hybridized carbons (Fsp3) is 0.600. The van der Waals surface area contributed by atoms with Crippen LogP contribution in [0.2, 0.25) is 0 Å². The van der Waals surface area contributed by atoms with Crippen molar-refractivity contribution in [2.45, 2.75) is 13.8 Å². The number of ether oxygens (including phenoxy) is 3. The van der Waals surface area contributed by atoms with Gasteiger partial charge in [-0.2, -0.15) is 5.26 Å². The van der Waals surface area contributed by atoms with Gasteiger partial charge >= 0.3 is 5.97 Å². The predicted molar refractivity (Wildman–Crippen MR) is 52.8 cm³/mol. The summed E-state index contributed by atoms with van der Waals surface area (Å²) in [6.45, 7) is 5.11. The maximum Gasteiger partial charge on any atom is 0.352 e. The molecule has 0 radical (unpaired) electrons. The Morgan fingerprint density at radius 2 is 2.07 bits per heavy atom. The van der Waals surface area contributed by atoms with Crippen LogP contribution in [0.1, 0.15) is 13.8 Å². The summed E-state index contributed by atoms with van der Waals surface area (Å²) in [6, 6.07) is 1.70. The van der Waals surface area contributed by atoms with E-state index in [-0.39, 0.29) is 12.2 Å². The molecule has 0 amide bonds. The van der Waals surface area contributed by atoms with Gasteiger partial charge in [0.2, 0.25) is 0 Å². The number of carbonyl (C=O) groups is 1. The maximum absolute atomic E-state index is 11.1. The Morgan fingerprint density at radius 3 is 2.60 bits per heavy atom. The molecule has 0 saturated heterocycles. The van der Waals surface area contributed by atoms with Crippen LogP contribution >= 0.6 is 0 Å². The summed E-state index contributed by atoms with van der Waals surface area (Å²) in [5.74, 6) is -0.670. The van der Waals surface area contributed by atoms with Gasteiger partial charge in [-0.25, -0.2) is 4.79 Å². The molecule has 0 aliphatic heterocycles. The minimum Gasteiger partial charge on any atom is -0.497 e. The van der Waals surface area contributed by atoms with E-state index in [9.17, 15) is 4.79 Å². The van der Waals surface area contributed by atoms with Crippen LogP contribution in [-0.4, -0.2) is 32.4 Å². The molecule has 15 heavy (non-hydrogen) atoms. The molecular formula is C10H15NO4. The highest BCUT2D eigenvalue weighted by Gasteiger charge is 2.09. The molecular weight excluding hydrogens is 198 g/mol. The summed E-state index contributed by atoms with van der Waals surface area (Å²) in [5, 5.41) is 8.60. The second-order valence-corrected chi connectivity index (χ2v) is 2.43. The van der Waals surface area contributed by atoms with Crippen molar-refractivity contribution in [1.82, 2.24) is 0 Å². The molecule has 0 heterocycles. The van der Waals surface area contributed by atoms with Crippen molar-refractivity contribution in [3.63, 3.8) is 0 Å². The van der Waals surface area contributed by atoms with Crippen LogP contribution in [-0.2, 0) is 19.0 Å². The predicted octanol–water partition coefficient (Wildman–Crippen LogP) is 1.01. The molecule has 0 fully saturated rings. The summed E-state index contributed by atoms with van der Waals surface area (Å²) < 4.78 is 14.6. The van der Waals surface area contributed by atoms with E-state index < -0.39 is 5.97 Å². The number of nitriles is 1. The summed E-state index contributed by atoms with van der Waals surface area (Å²) in [7, 11) is 0. The van der Waals surface area contributed by atoms with Gasteiger partial charge in [0.05, 0.1) is 13.2 Å². The van der Waals surface area contributed by atoms with Gasteiger partial charge in [-0.3, -0.25) is 0 Å². The van der Waals surface area contributed by atoms with E-state index in [0.717, 1.165) is 6.26 Å². The van der Waals surface area contributed by atoms with Crippen molar-refractivity contribution in [3.05, 3.63) is 11.8 Å². The second kappa shape index (κ2) is 9.03. The molecule has 5 heteroatoms. The molecule has 0 aromatic carbocycles. The van der Waals surface area contributed by atoms with Gasteiger partial charge < -0.3 is 14.2 Å². The molecule has 0 rings (SSSR count). The van der Waals surface area contributed by atoms with Crippen molar-refractivity contribution in [3.8, 4) is 6.07 Å². The zero-order chi connectivity index (χ0) is 11.5. The van der Waals surface area contributed by atoms with Crippen molar-refractivity contribution in [1.29, 1.82) is 5.26 Å². The standard InChI is InChI=1S/C10H15NO4/c1-3-13-5-6-14-8-9(7-11)10(12)15-4-2/h8H,3-6H2,1-2H3/b9-8+. The van der Waals surface area contributed by atoms with Gasteiger partial charge in [-0.1, -0.05) is 0 Å². The molecule has 84 valence electrons. The number of rotatable bonds is 7. The summed E-state index contributed by atoms with van der Waals surface area (Å²) in [4.78, 5) is 11.1. The van der Waals surface area contributed by atoms with Crippen molar-refractivity contribution >= 4 is 5.97 Å². The second-order valence-electron chi connectivity index (χ2n) is 2.43. The molecule has 0 spiro atoms. The lowest BCUT2D eigenvalue weighted by Gasteiger charge is -2.02. The Morgan fingerprint density at radius 1 is 1.33 bits per heavy atom. The van der Waals surface area contributed by atoms with Crippen LogP contribution in [0, 0.1) is 11.3 Å². The summed E-state index contributed by atoms with van der Waals surface area (Å²) in [6.07, 6.45) is 1.09. The topological polar surface area (TPSA) is 68.5 Å². The normalized spacial score (nSPS) is 10.6. The fourth-order valence-corrected chi connectivity index (χ4v) is 0.723. The van der Waals surface area contributed by atoms with E-state index >= 15 is 0 Å². The SMILES string of the molecule is CCOCCO/C=C(\C#N)C(=O)OCC. The van der Waals surface area contributed by atoms with Crippen molar-refractivity contribution in [2.24, 2.45) is 0 Å². The smallest absolute Gasteiger partial charge is 0.352 e. The largest absolute Gasteiger partial charge is 0.497 e. The Hall–Kier alpha value is -1.54. The maximum atomic E-state index is 11.1. The van der Waals surface area contributed by atoms with Gasteiger partial charge in [0.1, 0.15) is 18.9 Å². The molecule has 0 bridgehead atoms. The van der Waals surface area contributed by atoms with E-state index in [2.05, 4.69) is 4.74 Å². The molecule has 0 N–H and O–H groups in total. The third kappa shape index (κ3) is 6.52.